The van der Waals surface area contributed by atoms with Crippen LogP contribution < -0.4 is 14.8 Å². The maximum atomic E-state index is 11.7. The predicted octanol–water partition coefficient (Wildman–Crippen LogP) is 2.55. The molecule has 2 aromatic rings. The van der Waals surface area contributed by atoms with Gasteiger partial charge in [-0.25, -0.2) is 4.68 Å². The largest absolute Gasteiger partial charge is 0.494 e. The molecule has 25 heavy (non-hydrogen) atoms. The van der Waals surface area contributed by atoms with E-state index in [9.17, 15) is 4.79 Å². The molecule has 9 heteroatoms. The summed E-state index contributed by atoms with van der Waals surface area (Å²) >= 11 is 6.18. The van der Waals surface area contributed by atoms with Gasteiger partial charge in [0, 0.05) is 6.07 Å². The number of carbonyl (C=O) groups excluding carboxylic acids is 1. The van der Waals surface area contributed by atoms with E-state index in [2.05, 4.69) is 15.6 Å². The first kappa shape index (κ1) is 17.4. The summed E-state index contributed by atoms with van der Waals surface area (Å²) in [5, 5.41) is 10.8. The van der Waals surface area contributed by atoms with Gasteiger partial charge >= 0.3 is 0 Å². The summed E-state index contributed by atoms with van der Waals surface area (Å²) in [4.78, 5) is 12.2. The van der Waals surface area contributed by atoms with Crippen molar-refractivity contribution in [2.24, 2.45) is 0 Å². The second kappa shape index (κ2) is 7.66. The van der Waals surface area contributed by atoms with Gasteiger partial charge in [-0.05, 0) is 32.1 Å². The summed E-state index contributed by atoms with van der Waals surface area (Å²) in [5.41, 5.74) is 1.26. The highest BCUT2D eigenvalue weighted by molar-refractivity contribution is 8.26. The Morgan fingerprint density at radius 1 is 1.32 bits per heavy atom. The minimum absolute atomic E-state index is 0.224. The topological polar surface area (TPSA) is 78.3 Å². The molecule has 1 amide bonds. The highest BCUT2D eigenvalue weighted by Crippen LogP contribution is 2.29. The van der Waals surface area contributed by atoms with Crippen molar-refractivity contribution in [3.63, 3.8) is 0 Å². The highest BCUT2D eigenvalue weighted by Gasteiger charge is 2.22. The molecule has 1 aliphatic rings. The monoisotopic (exact) mass is 376 g/mol. The molecule has 7 nitrogen and oxygen atoms in total. The van der Waals surface area contributed by atoms with Gasteiger partial charge in [0.05, 0.1) is 24.3 Å². The Bertz CT molecular complexity index is 848. The van der Waals surface area contributed by atoms with Crippen LogP contribution in [0.2, 0.25) is 0 Å². The number of thioether (sulfide) groups is 1. The number of hydrogen-bond acceptors (Lipinski definition) is 7. The molecule has 1 N–H and O–H groups in total. The summed E-state index contributed by atoms with van der Waals surface area (Å²) in [7, 11) is 0. The maximum Gasteiger partial charge on any atom is 0.263 e. The van der Waals surface area contributed by atoms with Crippen molar-refractivity contribution in [2.45, 2.75) is 13.8 Å². The van der Waals surface area contributed by atoms with Crippen LogP contribution in [0.1, 0.15) is 19.5 Å². The summed E-state index contributed by atoms with van der Waals surface area (Å²) < 4.78 is 13.2. The molecule has 130 valence electrons. The fourth-order valence-electron chi connectivity index (χ4n) is 2.23. The van der Waals surface area contributed by atoms with Crippen molar-refractivity contribution < 1.29 is 14.3 Å². The van der Waals surface area contributed by atoms with Crippen molar-refractivity contribution in [3.05, 3.63) is 35.0 Å². The molecule has 0 radical (unpaired) electrons. The van der Waals surface area contributed by atoms with Crippen LogP contribution in [0.4, 0.5) is 0 Å². The van der Waals surface area contributed by atoms with Crippen LogP contribution in [0.15, 0.2) is 29.3 Å². The first-order valence-corrected chi connectivity index (χ1v) is 8.90. The number of hydrogen-bond donors (Lipinski definition) is 1. The van der Waals surface area contributed by atoms with E-state index in [4.69, 9.17) is 21.7 Å². The normalized spacial score (nSPS) is 15.5. The molecule has 0 bridgehead atoms. The van der Waals surface area contributed by atoms with Crippen LogP contribution >= 0.6 is 24.0 Å². The summed E-state index contributed by atoms with van der Waals surface area (Å²) in [6.45, 7) is 4.93. The standard InChI is InChI=1S/C16H16N4O3S2/c1-3-22-11-5-6-13(23-4-2)12(8-11)20-9-10(18-19-20)7-14-15(21)17-16(24)25-14/h5-9H,3-4H2,1-2H3,(H,17,21,24)/b14-7-. The highest BCUT2D eigenvalue weighted by atomic mass is 32.2. The van der Waals surface area contributed by atoms with Gasteiger partial charge in [-0.2, -0.15) is 0 Å². The third-order valence-electron chi connectivity index (χ3n) is 3.22. The molecule has 1 aliphatic heterocycles. The first-order valence-electron chi connectivity index (χ1n) is 7.68. The molecule has 0 saturated carbocycles. The maximum absolute atomic E-state index is 11.7. The molecule has 1 saturated heterocycles. The van der Waals surface area contributed by atoms with E-state index in [1.807, 2.05) is 32.0 Å². The lowest BCUT2D eigenvalue weighted by Gasteiger charge is -2.11. The van der Waals surface area contributed by atoms with Gasteiger partial charge in [0.15, 0.2) is 0 Å². The molecule has 1 fully saturated rings. The molecule has 0 spiro atoms. The zero-order valence-corrected chi connectivity index (χ0v) is 15.3. The lowest BCUT2D eigenvalue weighted by atomic mass is 10.2. The van der Waals surface area contributed by atoms with Crippen LogP contribution in [0, 0.1) is 0 Å². The zero-order valence-electron chi connectivity index (χ0n) is 13.7. The third-order valence-corrected chi connectivity index (χ3v) is 4.38. The van der Waals surface area contributed by atoms with Gasteiger partial charge in [0.1, 0.15) is 27.2 Å². The summed E-state index contributed by atoms with van der Waals surface area (Å²) in [6, 6.07) is 5.52. The van der Waals surface area contributed by atoms with E-state index in [-0.39, 0.29) is 5.91 Å². The quantitative estimate of drug-likeness (QED) is 0.613. The van der Waals surface area contributed by atoms with E-state index in [0.717, 1.165) is 0 Å². The van der Waals surface area contributed by atoms with E-state index in [0.29, 0.717) is 45.3 Å². The molecular formula is C16H16N4O3S2. The Balaban J connectivity index is 1.93. The van der Waals surface area contributed by atoms with Crippen molar-refractivity contribution >= 4 is 40.3 Å². The lowest BCUT2D eigenvalue weighted by Crippen LogP contribution is -2.17. The lowest BCUT2D eigenvalue weighted by molar-refractivity contribution is -0.115. The van der Waals surface area contributed by atoms with E-state index >= 15 is 0 Å². The molecule has 0 unspecified atom stereocenters. The first-order chi connectivity index (χ1) is 12.1. The van der Waals surface area contributed by atoms with Gasteiger partial charge in [0.2, 0.25) is 0 Å². The molecule has 1 aromatic carbocycles. The van der Waals surface area contributed by atoms with Crippen molar-refractivity contribution in [1.29, 1.82) is 0 Å². The molecule has 0 atom stereocenters. The molecule has 0 aliphatic carbocycles. The van der Waals surface area contributed by atoms with Gasteiger partial charge in [-0.15, -0.1) is 5.10 Å². The van der Waals surface area contributed by atoms with Crippen LogP contribution in [0.3, 0.4) is 0 Å². The number of amides is 1. The number of nitrogens with one attached hydrogen (secondary N) is 1. The Labute approximate surface area is 154 Å². The minimum Gasteiger partial charge on any atom is -0.494 e. The SMILES string of the molecule is CCOc1ccc(OCC)c(-n2cc(/C=C3\SC(=S)NC3=O)nn2)c1. The van der Waals surface area contributed by atoms with Gasteiger partial charge in [-0.3, -0.25) is 4.79 Å². The number of carbonyl (C=O) groups is 1. The van der Waals surface area contributed by atoms with Gasteiger partial charge < -0.3 is 14.8 Å². The number of aromatic nitrogens is 3. The predicted molar refractivity (Wildman–Crippen MR) is 100 cm³/mol. The van der Waals surface area contributed by atoms with E-state index < -0.39 is 0 Å². The molecule has 1 aromatic heterocycles. The van der Waals surface area contributed by atoms with E-state index in [1.165, 1.54) is 11.8 Å². The fraction of sp³-hybridized carbons (Fsp3) is 0.250. The average molecular weight is 376 g/mol. The smallest absolute Gasteiger partial charge is 0.263 e. The van der Waals surface area contributed by atoms with Crippen LogP contribution in [-0.2, 0) is 4.79 Å². The van der Waals surface area contributed by atoms with Crippen molar-refractivity contribution in [3.8, 4) is 17.2 Å². The van der Waals surface area contributed by atoms with Gasteiger partial charge in [-0.1, -0.05) is 29.2 Å². The van der Waals surface area contributed by atoms with Crippen LogP contribution in [0.5, 0.6) is 11.5 Å². The van der Waals surface area contributed by atoms with Crippen LogP contribution in [0.25, 0.3) is 11.8 Å². The number of thiocarbonyl (C=S) groups is 1. The Kier molecular flexibility index (Phi) is 5.34. The number of ether oxygens (including phenoxy) is 2. The Morgan fingerprint density at radius 3 is 2.80 bits per heavy atom. The van der Waals surface area contributed by atoms with Gasteiger partial charge in [0.25, 0.3) is 5.91 Å². The minimum atomic E-state index is -0.224. The van der Waals surface area contributed by atoms with E-state index in [1.54, 1.807) is 17.0 Å². The molecule has 2 heterocycles. The molecular weight excluding hydrogens is 360 g/mol. The Hall–Kier alpha value is -2.39. The number of rotatable bonds is 6. The summed E-state index contributed by atoms with van der Waals surface area (Å²) in [6.07, 6.45) is 3.37. The fourth-order valence-corrected chi connectivity index (χ4v) is 3.26. The summed E-state index contributed by atoms with van der Waals surface area (Å²) in [5.74, 6) is 1.16. The zero-order chi connectivity index (χ0) is 17.8. The second-order valence-electron chi connectivity index (χ2n) is 4.94. The van der Waals surface area contributed by atoms with Crippen molar-refractivity contribution in [2.75, 3.05) is 13.2 Å². The average Bonchev–Trinajstić information content (AvgIpc) is 3.16. The molecule has 3 rings (SSSR count). The van der Waals surface area contributed by atoms with Crippen LogP contribution in [-0.4, -0.2) is 38.4 Å². The third kappa shape index (κ3) is 3.99. The number of nitrogens with zero attached hydrogens (tertiary/aromatic N) is 3. The second-order valence-corrected chi connectivity index (χ2v) is 6.65. The van der Waals surface area contributed by atoms with Crippen molar-refractivity contribution in [1.82, 2.24) is 20.3 Å². The Morgan fingerprint density at radius 2 is 2.12 bits per heavy atom. The number of benzene rings is 1.